The number of fused-ring (bicyclic) bond motifs is 3. The molecule has 0 aliphatic heterocycles. The number of amides is 1. The van der Waals surface area contributed by atoms with Crippen LogP contribution in [0.25, 0.3) is 5.76 Å². The maximum Gasteiger partial charge on any atom is 0.255 e. The van der Waals surface area contributed by atoms with Crippen LogP contribution in [0.5, 0.6) is 5.75 Å². The number of aromatic hydroxyl groups is 1. The number of Topliss-reactive ketones (excluding diaryl/α,β-unsaturated/α-hetero) is 2. The number of hydrogen-bond acceptors (Lipinski definition) is 8. The molecule has 1 aromatic carbocycles. The second-order valence-electron chi connectivity index (χ2n) is 10.5. The molecule has 1 saturated carbocycles. The first-order chi connectivity index (χ1) is 16.2. The van der Waals surface area contributed by atoms with Gasteiger partial charge in [0, 0.05) is 29.4 Å². The first-order valence-electron chi connectivity index (χ1n) is 11.7. The Balaban J connectivity index is 1.99. The van der Waals surface area contributed by atoms with E-state index < -0.39 is 75.9 Å². The highest BCUT2D eigenvalue weighted by molar-refractivity contribution is 6.23. The number of phenolic OH excluding ortho intramolecular Hbond substituents is 1. The van der Waals surface area contributed by atoms with Gasteiger partial charge in [0.15, 0.2) is 11.4 Å². The average molecular weight is 486 g/mol. The lowest BCUT2D eigenvalue weighted by Gasteiger charge is -2.50. The van der Waals surface area contributed by atoms with Gasteiger partial charge in [0.25, 0.3) is 5.91 Å². The number of phenols is 1. The molecule has 3 aliphatic carbocycles. The Labute approximate surface area is 202 Å². The van der Waals surface area contributed by atoms with E-state index in [9.17, 15) is 39.9 Å². The highest BCUT2D eigenvalue weighted by Gasteiger charge is 2.64. The zero-order valence-electron chi connectivity index (χ0n) is 20.1. The van der Waals surface area contributed by atoms with Gasteiger partial charge in [0.1, 0.15) is 22.8 Å². The highest BCUT2D eigenvalue weighted by atomic mass is 16.4. The third-order valence-electron chi connectivity index (χ3n) is 8.10. The van der Waals surface area contributed by atoms with Crippen LogP contribution in [-0.4, -0.2) is 54.7 Å². The molecule has 4 rings (SSSR count). The molecule has 3 aliphatic rings. The Bertz CT molecular complexity index is 1230. The van der Waals surface area contributed by atoms with E-state index in [2.05, 4.69) is 0 Å². The van der Waals surface area contributed by atoms with Crippen LogP contribution in [0.15, 0.2) is 29.0 Å². The fourth-order valence-electron chi connectivity index (χ4n) is 6.30. The number of primary amides is 1. The lowest BCUT2D eigenvalue weighted by atomic mass is 9.55. The van der Waals surface area contributed by atoms with Gasteiger partial charge in [-0.25, -0.2) is 0 Å². The number of benzene rings is 1. The van der Waals surface area contributed by atoms with Gasteiger partial charge in [-0.3, -0.25) is 14.4 Å². The Morgan fingerprint density at radius 2 is 1.83 bits per heavy atom. The van der Waals surface area contributed by atoms with Crippen molar-refractivity contribution in [1.29, 1.82) is 0 Å². The molecule has 1 amide bonds. The molecule has 7 N–H and O–H groups in total. The van der Waals surface area contributed by atoms with Gasteiger partial charge in [-0.1, -0.05) is 46.2 Å². The summed E-state index contributed by atoms with van der Waals surface area (Å²) in [7, 11) is 0. The van der Waals surface area contributed by atoms with Crippen LogP contribution in [0.1, 0.15) is 69.6 Å². The van der Waals surface area contributed by atoms with Crippen LogP contribution in [0.2, 0.25) is 0 Å². The van der Waals surface area contributed by atoms with Crippen molar-refractivity contribution >= 4 is 23.2 Å². The summed E-state index contributed by atoms with van der Waals surface area (Å²) in [5.41, 5.74) is 1.74. The smallest absolute Gasteiger partial charge is 0.255 e. The zero-order chi connectivity index (χ0) is 26.2. The molecule has 0 radical (unpaired) electrons. The standard InChI is InChI=1S/C26H31NO8/c1-5-8-25(3,4)12-7-6-11-10(2)15-18(21(31)16(11)19(12)29)23(33)26(35)13(20(15)30)9-14(28)17(22(26)32)24(27)34/h6-7,10,13,15,20,29-32,35H,5,8-9H2,1-4H3,(H2,27,34). The van der Waals surface area contributed by atoms with Gasteiger partial charge < -0.3 is 31.3 Å². The van der Waals surface area contributed by atoms with Gasteiger partial charge in [0.2, 0.25) is 5.78 Å². The molecular weight excluding hydrogens is 454 g/mol. The van der Waals surface area contributed by atoms with Gasteiger partial charge in [-0.15, -0.1) is 0 Å². The SMILES string of the molecule is CCCC(C)(C)c1ccc2c(c1O)C(O)=C1C(=O)C3(O)C(O)=C(C(N)=O)C(=O)CC3C(O)C1C2C. The molecule has 0 spiro atoms. The van der Waals surface area contributed by atoms with Gasteiger partial charge in [-0.05, 0) is 23.3 Å². The highest BCUT2D eigenvalue weighted by Crippen LogP contribution is 2.56. The summed E-state index contributed by atoms with van der Waals surface area (Å²) < 4.78 is 0. The molecule has 0 bridgehead atoms. The van der Waals surface area contributed by atoms with Crippen molar-refractivity contribution in [3.05, 3.63) is 45.7 Å². The third kappa shape index (κ3) is 3.18. The maximum absolute atomic E-state index is 13.7. The topological polar surface area (TPSA) is 178 Å². The molecule has 0 aromatic heterocycles. The quantitative estimate of drug-likeness (QED) is 0.351. The summed E-state index contributed by atoms with van der Waals surface area (Å²) in [5, 5.41) is 55.8. The van der Waals surface area contributed by atoms with Gasteiger partial charge >= 0.3 is 0 Å². The normalized spacial score (nSPS) is 30.7. The minimum Gasteiger partial charge on any atom is -0.508 e. The van der Waals surface area contributed by atoms with Crippen molar-refractivity contribution < 1.29 is 39.9 Å². The fourth-order valence-corrected chi connectivity index (χ4v) is 6.30. The van der Waals surface area contributed by atoms with E-state index >= 15 is 0 Å². The molecule has 0 heterocycles. The van der Waals surface area contributed by atoms with Gasteiger partial charge in [0.05, 0.1) is 11.7 Å². The molecule has 188 valence electrons. The monoisotopic (exact) mass is 485 g/mol. The molecule has 9 heteroatoms. The van der Waals surface area contributed by atoms with E-state index in [1.165, 1.54) is 0 Å². The first-order valence-corrected chi connectivity index (χ1v) is 11.7. The first kappa shape index (κ1) is 24.9. The average Bonchev–Trinajstić information content (AvgIpc) is 2.76. The van der Waals surface area contributed by atoms with Crippen molar-refractivity contribution in [2.75, 3.05) is 0 Å². The second-order valence-corrected chi connectivity index (χ2v) is 10.5. The van der Waals surface area contributed by atoms with Crippen LogP contribution in [0.4, 0.5) is 0 Å². The molecule has 5 unspecified atom stereocenters. The van der Waals surface area contributed by atoms with E-state index in [-0.39, 0.29) is 16.9 Å². The minimum absolute atomic E-state index is 0.0264. The lowest BCUT2D eigenvalue weighted by Crippen LogP contribution is -2.63. The van der Waals surface area contributed by atoms with E-state index in [4.69, 9.17) is 5.73 Å². The fraction of sp³-hybridized carbons (Fsp3) is 0.500. The number of carbonyl (C=O) groups excluding carboxylic acids is 3. The third-order valence-corrected chi connectivity index (χ3v) is 8.10. The maximum atomic E-state index is 13.7. The summed E-state index contributed by atoms with van der Waals surface area (Å²) in [6.45, 7) is 7.63. The van der Waals surface area contributed by atoms with Crippen molar-refractivity contribution in [2.24, 2.45) is 17.6 Å². The number of rotatable bonds is 4. The Hall–Kier alpha value is -3.17. The lowest BCUT2D eigenvalue weighted by molar-refractivity contribution is -0.160. The number of nitrogens with two attached hydrogens (primary N) is 1. The van der Waals surface area contributed by atoms with Crippen molar-refractivity contribution in [3.63, 3.8) is 0 Å². The summed E-state index contributed by atoms with van der Waals surface area (Å²) >= 11 is 0. The Kier molecular flexibility index (Phi) is 5.65. The molecular formula is C26H31NO8. The Morgan fingerprint density at radius 3 is 2.40 bits per heavy atom. The van der Waals surface area contributed by atoms with Crippen LogP contribution in [0.3, 0.4) is 0 Å². The Morgan fingerprint density at radius 1 is 1.20 bits per heavy atom. The zero-order valence-corrected chi connectivity index (χ0v) is 20.1. The predicted octanol–water partition coefficient (Wildman–Crippen LogP) is 2.03. The van der Waals surface area contributed by atoms with Crippen molar-refractivity contribution in [3.8, 4) is 5.75 Å². The van der Waals surface area contributed by atoms with Crippen molar-refractivity contribution in [1.82, 2.24) is 0 Å². The van der Waals surface area contributed by atoms with Crippen LogP contribution < -0.4 is 5.73 Å². The molecule has 1 fully saturated rings. The number of aliphatic hydroxyl groups is 4. The summed E-state index contributed by atoms with van der Waals surface area (Å²) in [6, 6.07) is 3.51. The van der Waals surface area contributed by atoms with Crippen LogP contribution >= 0.6 is 0 Å². The van der Waals surface area contributed by atoms with E-state index in [0.717, 1.165) is 12.8 Å². The van der Waals surface area contributed by atoms with E-state index in [1.54, 1.807) is 19.1 Å². The number of hydrogen-bond donors (Lipinski definition) is 6. The number of carbonyl (C=O) groups is 3. The number of ketones is 2. The van der Waals surface area contributed by atoms with Crippen LogP contribution in [0, 0.1) is 11.8 Å². The second kappa shape index (κ2) is 7.93. The number of aliphatic hydroxyl groups excluding tert-OH is 3. The van der Waals surface area contributed by atoms with Crippen molar-refractivity contribution in [2.45, 2.75) is 70.0 Å². The van der Waals surface area contributed by atoms with Crippen LogP contribution in [-0.2, 0) is 19.8 Å². The summed E-state index contributed by atoms with van der Waals surface area (Å²) in [6.07, 6.45) is -0.528. The molecule has 1 aromatic rings. The largest absolute Gasteiger partial charge is 0.508 e. The summed E-state index contributed by atoms with van der Waals surface area (Å²) in [5.74, 6) is -8.46. The summed E-state index contributed by atoms with van der Waals surface area (Å²) in [4.78, 5) is 37.9. The van der Waals surface area contributed by atoms with Gasteiger partial charge in [-0.2, -0.15) is 0 Å². The molecule has 5 atom stereocenters. The van der Waals surface area contributed by atoms with E-state index in [0.29, 0.717) is 11.1 Å². The minimum atomic E-state index is -2.83. The van der Waals surface area contributed by atoms with E-state index in [1.807, 2.05) is 20.8 Å². The molecule has 9 nitrogen and oxygen atoms in total. The molecule has 35 heavy (non-hydrogen) atoms. The molecule has 0 saturated heterocycles. The predicted molar refractivity (Wildman–Crippen MR) is 125 cm³/mol.